The Morgan fingerprint density at radius 3 is 2.94 bits per heavy atom. The van der Waals surface area contributed by atoms with Crippen LogP contribution in [0.3, 0.4) is 0 Å². The molecule has 4 aromatic rings. The molecule has 5 heteroatoms. The first kappa shape index (κ1) is 16.4. The van der Waals surface area contributed by atoms with E-state index in [2.05, 4.69) is 46.3 Å². The maximum absolute atomic E-state index is 13.2. The molecule has 3 aliphatic heterocycles. The quantitative estimate of drug-likeness (QED) is 0.490. The van der Waals surface area contributed by atoms with Gasteiger partial charge in [-0.3, -0.25) is 4.79 Å². The van der Waals surface area contributed by atoms with E-state index < -0.39 is 0 Å². The van der Waals surface area contributed by atoms with Crippen LogP contribution < -0.4 is 10.1 Å². The molecule has 0 spiro atoms. The number of rotatable bonds is 1. The lowest BCUT2D eigenvalue weighted by Gasteiger charge is -2.20. The summed E-state index contributed by atoms with van der Waals surface area (Å²) in [6.07, 6.45) is 2.22. The second kappa shape index (κ2) is 5.29. The molecule has 8 rings (SSSR count). The summed E-state index contributed by atoms with van der Waals surface area (Å²) in [5, 5.41) is 5.56. The van der Waals surface area contributed by atoms with Crippen molar-refractivity contribution in [2.24, 2.45) is 0 Å². The van der Waals surface area contributed by atoms with Crippen LogP contribution in [0.25, 0.3) is 32.9 Å². The number of methoxy groups -OCH3 is 1. The van der Waals surface area contributed by atoms with Crippen LogP contribution in [0, 0.1) is 0 Å². The molecule has 2 bridgehead atoms. The molecule has 0 saturated carbocycles. The summed E-state index contributed by atoms with van der Waals surface area (Å²) in [5.41, 5.74) is 9.19. The van der Waals surface area contributed by atoms with E-state index in [9.17, 15) is 4.79 Å². The highest BCUT2D eigenvalue weighted by molar-refractivity contribution is 6.20. The second-order valence-electron chi connectivity index (χ2n) is 9.07. The van der Waals surface area contributed by atoms with Crippen molar-refractivity contribution in [3.05, 3.63) is 64.7 Å². The van der Waals surface area contributed by atoms with Gasteiger partial charge < -0.3 is 19.4 Å². The number of amides is 1. The number of nitrogens with one attached hydrogen (secondary N) is 1. The first-order valence-corrected chi connectivity index (χ1v) is 11.0. The molecule has 3 atom stereocenters. The van der Waals surface area contributed by atoms with E-state index in [0.29, 0.717) is 6.54 Å². The van der Waals surface area contributed by atoms with Gasteiger partial charge in [0.05, 0.1) is 29.8 Å². The Morgan fingerprint density at radius 2 is 2.03 bits per heavy atom. The lowest BCUT2D eigenvalue weighted by Crippen LogP contribution is -2.16. The first-order valence-electron chi connectivity index (χ1n) is 11.0. The van der Waals surface area contributed by atoms with E-state index in [1.807, 2.05) is 6.07 Å². The van der Waals surface area contributed by atoms with Gasteiger partial charge >= 0.3 is 0 Å². The fraction of sp³-hybridized carbons (Fsp3) is 0.269. The van der Waals surface area contributed by atoms with E-state index in [0.717, 1.165) is 40.8 Å². The maximum Gasteiger partial charge on any atom is 0.252 e. The van der Waals surface area contributed by atoms with Crippen LogP contribution in [0.5, 0.6) is 5.75 Å². The lowest BCUT2D eigenvalue weighted by atomic mass is 9.86. The van der Waals surface area contributed by atoms with Gasteiger partial charge in [-0.25, -0.2) is 0 Å². The third-order valence-electron chi connectivity index (χ3n) is 7.81. The van der Waals surface area contributed by atoms with Gasteiger partial charge in [0.15, 0.2) is 0 Å². The van der Waals surface area contributed by atoms with Gasteiger partial charge in [-0.15, -0.1) is 0 Å². The van der Waals surface area contributed by atoms with Gasteiger partial charge in [0.1, 0.15) is 12.0 Å². The molecule has 152 valence electrons. The molecule has 0 radical (unpaired) electrons. The molecule has 1 aliphatic carbocycles. The molecular formula is C26H20N2O3. The number of hydrogen-bond acceptors (Lipinski definition) is 3. The molecule has 3 unspecified atom stereocenters. The zero-order valence-electron chi connectivity index (χ0n) is 17.1. The molecule has 1 fully saturated rings. The second-order valence-corrected chi connectivity index (χ2v) is 9.07. The van der Waals surface area contributed by atoms with Gasteiger partial charge in [0.2, 0.25) is 0 Å². The SMILES string of the molecule is COc1ccc2c(c1)-c1c3c(c4c5ccccc5n5c4c1C2C1CCC5O1)CNC3=O. The smallest absolute Gasteiger partial charge is 0.252 e. The molecule has 4 heterocycles. The molecule has 4 aliphatic rings. The average molecular weight is 408 g/mol. The molecule has 3 aromatic carbocycles. The summed E-state index contributed by atoms with van der Waals surface area (Å²) in [6.45, 7) is 0.574. The Bertz CT molecular complexity index is 1500. The van der Waals surface area contributed by atoms with E-state index >= 15 is 0 Å². The number of carbonyl (C=O) groups is 1. The van der Waals surface area contributed by atoms with Crippen LogP contribution in [0.1, 0.15) is 52.0 Å². The van der Waals surface area contributed by atoms with Gasteiger partial charge in [-0.2, -0.15) is 0 Å². The van der Waals surface area contributed by atoms with E-state index in [1.165, 1.54) is 32.9 Å². The predicted molar refractivity (Wildman–Crippen MR) is 118 cm³/mol. The highest BCUT2D eigenvalue weighted by Crippen LogP contribution is 2.59. The van der Waals surface area contributed by atoms with Crippen LogP contribution in [0.4, 0.5) is 0 Å². The normalized spacial score (nSPS) is 24.4. The average Bonchev–Trinajstić information content (AvgIpc) is 3.52. The molecule has 1 saturated heterocycles. The summed E-state index contributed by atoms with van der Waals surface area (Å²) in [6, 6.07) is 14.9. The fourth-order valence-corrected chi connectivity index (χ4v) is 6.70. The van der Waals surface area contributed by atoms with Gasteiger partial charge in [0.25, 0.3) is 5.91 Å². The Kier molecular flexibility index (Phi) is 2.80. The van der Waals surface area contributed by atoms with Crippen molar-refractivity contribution in [3.8, 4) is 16.9 Å². The van der Waals surface area contributed by atoms with Crippen molar-refractivity contribution >= 4 is 27.7 Å². The molecule has 1 aromatic heterocycles. The Morgan fingerprint density at radius 1 is 1.13 bits per heavy atom. The van der Waals surface area contributed by atoms with Crippen molar-refractivity contribution in [3.63, 3.8) is 0 Å². The zero-order valence-corrected chi connectivity index (χ0v) is 17.1. The van der Waals surface area contributed by atoms with Gasteiger partial charge in [-0.05, 0) is 53.3 Å². The maximum atomic E-state index is 13.2. The standard InChI is InChI=1S/C26H20N2O3/c1-30-12-6-7-13-15(10-12)22-23-16(11-27-26(23)29)20-14-4-2-3-5-17(14)28-19-9-8-18(31-19)21(13)24(22)25(20)28/h2-7,10,18-19,21H,8-9,11H2,1H3,(H,27,29). The minimum atomic E-state index is 0.0322. The van der Waals surface area contributed by atoms with Crippen LogP contribution in [0.2, 0.25) is 0 Å². The summed E-state index contributed by atoms with van der Waals surface area (Å²) in [5.74, 6) is 0.998. The number of hydrogen-bond donors (Lipinski definition) is 1. The largest absolute Gasteiger partial charge is 0.497 e. The van der Waals surface area contributed by atoms with E-state index in [1.54, 1.807) is 7.11 Å². The van der Waals surface area contributed by atoms with Gasteiger partial charge in [-0.1, -0.05) is 24.3 Å². The highest BCUT2D eigenvalue weighted by atomic mass is 16.5. The van der Waals surface area contributed by atoms with Gasteiger partial charge in [0, 0.05) is 28.8 Å². The van der Waals surface area contributed by atoms with Crippen molar-refractivity contribution in [2.45, 2.75) is 37.6 Å². The Balaban J connectivity index is 1.66. The van der Waals surface area contributed by atoms with Crippen LogP contribution >= 0.6 is 0 Å². The fourth-order valence-electron chi connectivity index (χ4n) is 6.70. The van der Waals surface area contributed by atoms with Crippen LogP contribution in [0.15, 0.2) is 42.5 Å². The molecule has 31 heavy (non-hydrogen) atoms. The molecule has 5 nitrogen and oxygen atoms in total. The van der Waals surface area contributed by atoms with Crippen molar-refractivity contribution < 1.29 is 14.3 Å². The number of carbonyl (C=O) groups excluding carboxylic acids is 1. The third-order valence-corrected chi connectivity index (χ3v) is 7.81. The molecular weight excluding hydrogens is 388 g/mol. The van der Waals surface area contributed by atoms with Crippen molar-refractivity contribution in [1.29, 1.82) is 0 Å². The zero-order chi connectivity index (χ0) is 20.4. The van der Waals surface area contributed by atoms with Crippen molar-refractivity contribution in [1.82, 2.24) is 9.88 Å². The predicted octanol–water partition coefficient (Wildman–Crippen LogP) is 4.85. The third kappa shape index (κ3) is 1.74. The minimum Gasteiger partial charge on any atom is -0.497 e. The number of fused-ring (bicyclic) bond motifs is 13. The van der Waals surface area contributed by atoms with E-state index in [4.69, 9.17) is 9.47 Å². The number of para-hydroxylation sites is 1. The van der Waals surface area contributed by atoms with E-state index in [-0.39, 0.29) is 24.2 Å². The topological polar surface area (TPSA) is 52.5 Å². The first-order chi connectivity index (χ1) is 15.3. The number of ether oxygens (including phenoxy) is 2. The Labute approximate surface area is 178 Å². The Hall–Kier alpha value is -3.31. The minimum absolute atomic E-state index is 0.0322. The summed E-state index contributed by atoms with van der Waals surface area (Å²) >= 11 is 0. The highest BCUT2D eigenvalue weighted by Gasteiger charge is 2.48. The van der Waals surface area contributed by atoms with Crippen molar-refractivity contribution in [2.75, 3.05) is 7.11 Å². The summed E-state index contributed by atoms with van der Waals surface area (Å²) < 4.78 is 14.7. The van der Waals surface area contributed by atoms with Crippen LogP contribution in [-0.4, -0.2) is 23.7 Å². The summed E-state index contributed by atoms with van der Waals surface area (Å²) in [4.78, 5) is 13.2. The summed E-state index contributed by atoms with van der Waals surface area (Å²) in [7, 11) is 1.70. The number of aromatic nitrogens is 1. The number of nitrogens with zero attached hydrogens (tertiary/aromatic N) is 1. The van der Waals surface area contributed by atoms with Crippen LogP contribution in [-0.2, 0) is 11.3 Å². The lowest BCUT2D eigenvalue weighted by molar-refractivity contribution is 0.00493. The molecule has 1 N–H and O–H groups in total. The monoisotopic (exact) mass is 408 g/mol. The number of benzene rings is 3. The molecule has 1 amide bonds.